The maximum atomic E-state index is 12.6. The third kappa shape index (κ3) is 3.26. The molecule has 1 aliphatic rings. The molecule has 6 nitrogen and oxygen atoms in total. The van der Waals surface area contributed by atoms with Gasteiger partial charge < -0.3 is 9.73 Å². The van der Waals surface area contributed by atoms with E-state index in [1.807, 2.05) is 0 Å². The van der Waals surface area contributed by atoms with Crippen LogP contribution in [0.4, 0.5) is 5.69 Å². The van der Waals surface area contributed by atoms with Crippen molar-refractivity contribution in [1.29, 1.82) is 0 Å². The van der Waals surface area contributed by atoms with Crippen LogP contribution < -0.4 is 5.32 Å². The first-order valence-corrected chi connectivity index (χ1v) is 8.93. The third-order valence-electron chi connectivity index (χ3n) is 3.66. The number of hydrogen-bond donors (Lipinski definition) is 1. The van der Waals surface area contributed by atoms with E-state index in [0.29, 0.717) is 24.3 Å². The van der Waals surface area contributed by atoms with Gasteiger partial charge in [-0.3, -0.25) is 4.79 Å². The summed E-state index contributed by atoms with van der Waals surface area (Å²) in [6.45, 7) is 0.981. The normalized spacial score (nSPS) is 15.7. The van der Waals surface area contributed by atoms with E-state index in [2.05, 4.69) is 5.32 Å². The molecule has 2 aromatic rings. The van der Waals surface area contributed by atoms with E-state index < -0.39 is 10.0 Å². The molecule has 0 atom stereocenters. The molecule has 1 saturated heterocycles. The second-order valence-electron chi connectivity index (χ2n) is 5.22. The van der Waals surface area contributed by atoms with Crippen LogP contribution >= 0.6 is 11.6 Å². The Bertz CT molecular complexity index is 812. The standard InChI is InChI=1S/C15H15ClN2O4S/c16-13-4-3-12(17-15(19)11-5-8-22-10-11)9-14(13)23(20,21)18-6-1-2-7-18/h3-5,8-10H,1-2,6-7H2,(H,17,19). The fourth-order valence-corrected chi connectivity index (χ4v) is 4.46. The Morgan fingerprint density at radius 3 is 2.61 bits per heavy atom. The number of nitrogens with one attached hydrogen (secondary N) is 1. The van der Waals surface area contributed by atoms with Crippen LogP contribution in [0.25, 0.3) is 0 Å². The summed E-state index contributed by atoms with van der Waals surface area (Å²) in [5, 5.41) is 2.77. The van der Waals surface area contributed by atoms with Crippen molar-refractivity contribution in [3.63, 3.8) is 0 Å². The molecular formula is C15H15ClN2O4S. The van der Waals surface area contributed by atoms with Crippen LogP contribution in [-0.4, -0.2) is 31.7 Å². The zero-order valence-corrected chi connectivity index (χ0v) is 13.7. The summed E-state index contributed by atoms with van der Waals surface area (Å²) in [6, 6.07) is 5.93. The zero-order chi connectivity index (χ0) is 16.4. The summed E-state index contributed by atoms with van der Waals surface area (Å²) in [4.78, 5) is 12.0. The molecule has 0 spiro atoms. The molecule has 0 aliphatic carbocycles. The van der Waals surface area contributed by atoms with Gasteiger partial charge in [-0.2, -0.15) is 4.31 Å². The molecule has 122 valence electrons. The number of nitrogens with zero attached hydrogens (tertiary/aromatic N) is 1. The van der Waals surface area contributed by atoms with E-state index in [4.69, 9.17) is 16.0 Å². The van der Waals surface area contributed by atoms with Crippen molar-refractivity contribution in [3.8, 4) is 0 Å². The summed E-state index contributed by atoms with van der Waals surface area (Å²) < 4.78 is 31.5. The zero-order valence-electron chi connectivity index (χ0n) is 12.2. The lowest BCUT2D eigenvalue weighted by atomic mass is 10.3. The smallest absolute Gasteiger partial charge is 0.258 e. The van der Waals surface area contributed by atoms with E-state index in [9.17, 15) is 13.2 Å². The Balaban J connectivity index is 1.89. The van der Waals surface area contributed by atoms with E-state index in [1.54, 1.807) is 6.07 Å². The van der Waals surface area contributed by atoms with Crippen molar-refractivity contribution in [3.05, 3.63) is 47.4 Å². The molecule has 1 aromatic carbocycles. The topological polar surface area (TPSA) is 79.6 Å². The number of halogens is 1. The SMILES string of the molecule is O=C(Nc1ccc(Cl)c(S(=O)(=O)N2CCCC2)c1)c1ccoc1. The molecule has 1 N–H and O–H groups in total. The number of anilines is 1. The number of amides is 1. The number of sulfonamides is 1. The highest BCUT2D eigenvalue weighted by Crippen LogP contribution is 2.29. The largest absolute Gasteiger partial charge is 0.472 e. The number of hydrogen-bond acceptors (Lipinski definition) is 4. The first kappa shape index (κ1) is 16.0. The van der Waals surface area contributed by atoms with Crippen LogP contribution in [-0.2, 0) is 10.0 Å². The van der Waals surface area contributed by atoms with Gasteiger partial charge in [0.25, 0.3) is 5.91 Å². The van der Waals surface area contributed by atoms with Gasteiger partial charge >= 0.3 is 0 Å². The van der Waals surface area contributed by atoms with Crippen molar-refractivity contribution >= 4 is 33.2 Å². The van der Waals surface area contributed by atoms with Gasteiger partial charge in [0.05, 0.1) is 16.8 Å². The lowest BCUT2D eigenvalue weighted by Crippen LogP contribution is -2.28. The lowest BCUT2D eigenvalue weighted by Gasteiger charge is -2.17. The third-order valence-corrected chi connectivity index (χ3v) is 6.04. The van der Waals surface area contributed by atoms with Gasteiger partial charge in [-0.05, 0) is 37.1 Å². The van der Waals surface area contributed by atoms with Crippen molar-refractivity contribution in [2.24, 2.45) is 0 Å². The summed E-state index contributed by atoms with van der Waals surface area (Å²) in [6.07, 6.45) is 4.38. The molecule has 0 bridgehead atoms. The number of carbonyl (C=O) groups is 1. The summed E-state index contributed by atoms with van der Waals surface area (Å²) in [7, 11) is -3.65. The highest BCUT2D eigenvalue weighted by molar-refractivity contribution is 7.89. The Labute approximate surface area is 139 Å². The molecule has 3 rings (SSSR count). The fraction of sp³-hybridized carbons (Fsp3) is 0.267. The van der Waals surface area contributed by atoms with Crippen LogP contribution in [0.3, 0.4) is 0 Å². The van der Waals surface area contributed by atoms with Crippen LogP contribution in [0, 0.1) is 0 Å². The second kappa shape index (κ2) is 6.35. The molecule has 23 heavy (non-hydrogen) atoms. The van der Waals surface area contributed by atoms with Gasteiger partial charge in [0.1, 0.15) is 11.2 Å². The van der Waals surface area contributed by atoms with Gasteiger partial charge in [-0.15, -0.1) is 0 Å². The minimum atomic E-state index is -3.65. The van der Waals surface area contributed by atoms with Gasteiger partial charge in [0.2, 0.25) is 10.0 Å². The van der Waals surface area contributed by atoms with Crippen LogP contribution in [0.5, 0.6) is 0 Å². The maximum absolute atomic E-state index is 12.6. The fourth-order valence-electron chi connectivity index (χ4n) is 2.44. The number of carbonyl (C=O) groups excluding carboxylic acids is 1. The van der Waals surface area contributed by atoms with Gasteiger partial charge in [0, 0.05) is 18.8 Å². The number of rotatable bonds is 4. The minimum absolute atomic E-state index is 0.00561. The van der Waals surface area contributed by atoms with Crippen molar-refractivity contribution in [2.75, 3.05) is 18.4 Å². The van der Waals surface area contributed by atoms with Gasteiger partial charge in [-0.1, -0.05) is 11.6 Å². The average molecular weight is 355 g/mol. The quantitative estimate of drug-likeness (QED) is 0.915. The Kier molecular flexibility index (Phi) is 4.43. The van der Waals surface area contributed by atoms with Crippen LogP contribution in [0.15, 0.2) is 46.1 Å². The predicted molar refractivity (Wildman–Crippen MR) is 86.1 cm³/mol. The van der Waals surface area contributed by atoms with E-state index in [-0.39, 0.29) is 15.8 Å². The molecule has 1 aromatic heterocycles. The summed E-state index contributed by atoms with van der Waals surface area (Å²) in [5.74, 6) is -0.384. The molecule has 0 unspecified atom stereocenters. The van der Waals surface area contributed by atoms with Crippen molar-refractivity contribution in [1.82, 2.24) is 4.31 Å². The molecule has 0 radical (unpaired) electrons. The first-order chi connectivity index (χ1) is 11.0. The monoisotopic (exact) mass is 354 g/mol. The predicted octanol–water partition coefficient (Wildman–Crippen LogP) is 2.97. The van der Waals surface area contributed by atoms with Gasteiger partial charge in [-0.25, -0.2) is 8.42 Å². The van der Waals surface area contributed by atoms with Crippen molar-refractivity contribution in [2.45, 2.75) is 17.7 Å². The molecule has 1 amide bonds. The van der Waals surface area contributed by atoms with E-state index in [1.165, 1.54) is 35.0 Å². The molecule has 0 saturated carbocycles. The van der Waals surface area contributed by atoms with E-state index >= 15 is 0 Å². The highest BCUT2D eigenvalue weighted by atomic mass is 35.5. The van der Waals surface area contributed by atoms with Gasteiger partial charge in [0.15, 0.2) is 0 Å². The maximum Gasteiger partial charge on any atom is 0.258 e. The minimum Gasteiger partial charge on any atom is -0.472 e. The second-order valence-corrected chi connectivity index (χ2v) is 7.54. The van der Waals surface area contributed by atoms with Crippen LogP contribution in [0.1, 0.15) is 23.2 Å². The molecule has 8 heteroatoms. The lowest BCUT2D eigenvalue weighted by molar-refractivity contribution is 0.102. The molecule has 1 aliphatic heterocycles. The average Bonchev–Trinajstić information content (AvgIpc) is 3.22. The summed E-state index contributed by atoms with van der Waals surface area (Å²) in [5.41, 5.74) is 0.710. The molecule has 2 heterocycles. The van der Waals surface area contributed by atoms with Crippen molar-refractivity contribution < 1.29 is 17.6 Å². The first-order valence-electron chi connectivity index (χ1n) is 7.12. The Morgan fingerprint density at radius 1 is 1.22 bits per heavy atom. The van der Waals surface area contributed by atoms with E-state index in [0.717, 1.165) is 12.8 Å². The highest BCUT2D eigenvalue weighted by Gasteiger charge is 2.29. The van der Waals surface area contributed by atoms with Crippen LogP contribution in [0.2, 0.25) is 5.02 Å². The Hall–Kier alpha value is -1.83. The number of benzene rings is 1. The summed E-state index contributed by atoms with van der Waals surface area (Å²) >= 11 is 6.06. The number of furan rings is 1. The Morgan fingerprint density at radius 2 is 1.96 bits per heavy atom. The molecular weight excluding hydrogens is 340 g/mol. The molecule has 1 fully saturated rings.